The second kappa shape index (κ2) is 9.28. The van der Waals surface area contributed by atoms with Crippen molar-refractivity contribution >= 4 is 27.8 Å². The van der Waals surface area contributed by atoms with Gasteiger partial charge in [0.05, 0.1) is 27.7 Å². The monoisotopic (exact) mass is 484 g/mol. The quantitative estimate of drug-likeness (QED) is 0.402. The molecule has 0 atom stereocenters. The lowest BCUT2D eigenvalue weighted by Gasteiger charge is -2.35. The molecule has 7 heteroatoms. The molecule has 1 aliphatic heterocycles. The summed E-state index contributed by atoms with van der Waals surface area (Å²) >= 11 is 0. The lowest BCUT2D eigenvalue weighted by atomic mass is 10.0. The summed E-state index contributed by atoms with van der Waals surface area (Å²) in [5, 5.41) is 6.85. The number of benzene rings is 1. The van der Waals surface area contributed by atoms with Crippen LogP contribution < -0.4 is 0 Å². The Morgan fingerprint density at radius 2 is 1.78 bits per heavy atom. The van der Waals surface area contributed by atoms with Crippen LogP contribution >= 0.6 is 0 Å². The second-order valence-corrected chi connectivity index (χ2v) is 11.2. The van der Waals surface area contributed by atoms with Crippen molar-refractivity contribution in [2.24, 2.45) is 0 Å². The topological polar surface area (TPSA) is 67.2 Å². The summed E-state index contributed by atoms with van der Waals surface area (Å²) in [5.41, 5.74) is 5.38. The van der Waals surface area contributed by atoms with Crippen LogP contribution in [0.2, 0.25) is 0 Å². The van der Waals surface area contributed by atoms with E-state index in [-0.39, 0.29) is 17.4 Å². The first-order valence-corrected chi connectivity index (χ1v) is 12.9. The standard InChI is InChI=1S/C29H36N6O/c1-19(2)24-17-23(25-20(3)32-35(27(25)31-24)29(4,5)6)28(36)34-15-13-33(14-16-34)18-22-10-7-9-21-11-8-12-30-26(21)22/h7-12,17,19H,13-16,18H2,1-6H3. The van der Waals surface area contributed by atoms with Crippen molar-refractivity contribution in [2.75, 3.05) is 26.2 Å². The molecule has 5 rings (SSSR count). The number of piperazine rings is 1. The molecule has 0 spiro atoms. The fourth-order valence-corrected chi connectivity index (χ4v) is 5.06. The molecule has 0 aliphatic carbocycles. The Hall–Kier alpha value is -3.32. The largest absolute Gasteiger partial charge is 0.336 e. The lowest BCUT2D eigenvalue weighted by molar-refractivity contribution is 0.0630. The van der Waals surface area contributed by atoms with Crippen molar-refractivity contribution in [1.82, 2.24) is 29.5 Å². The van der Waals surface area contributed by atoms with Crippen LogP contribution in [0.25, 0.3) is 21.9 Å². The average molecular weight is 485 g/mol. The summed E-state index contributed by atoms with van der Waals surface area (Å²) in [6.07, 6.45) is 1.85. The zero-order chi connectivity index (χ0) is 25.6. The van der Waals surface area contributed by atoms with Gasteiger partial charge in [-0.1, -0.05) is 38.1 Å². The highest BCUT2D eigenvalue weighted by molar-refractivity contribution is 6.06. The maximum atomic E-state index is 13.9. The van der Waals surface area contributed by atoms with Crippen LogP contribution in [0.4, 0.5) is 0 Å². The van der Waals surface area contributed by atoms with Gasteiger partial charge < -0.3 is 4.90 Å². The third-order valence-corrected chi connectivity index (χ3v) is 7.06. The Morgan fingerprint density at radius 3 is 2.47 bits per heavy atom. The first kappa shape index (κ1) is 24.4. The van der Waals surface area contributed by atoms with E-state index in [9.17, 15) is 4.79 Å². The summed E-state index contributed by atoms with van der Waals surface area (Å²) in [6.45, 7) is 16.5. The van der Waals surface area contributed by atoms with Gasteiger partial charge in [-0.15, -0.1) is 0 Å². The van der Waals surface area contributed by atoms with Gasteiger partial charge in [-0.25, -0.2) is 9.67 Å². The van der Waals surface area contributed by atoms with E-state index in [1.54, 1.807) is 0 Å². The number of para-hydroxylation sites is 1. The van der Waals surface area contributed by atoms with Crippen LogP contribution in [0.15, 0.2) is 42.6 Å². The van der Waals surface area contributed by atoms with Gasteiger partial charge in [0.2, 0.25) is 0 Å². The molecule has 1 saturated heterocycles. The maximum absolute atomic E-state index is 13.9. The molecule has 188 valence electrons. The van der Waals surface area contributed by atoms with Gasteiger partial charge in [0.1, 0.15) is 0 Å². The van der Waals surface area contributed by atoms with Gasteiger partial charge in [0, 0.05) is 50.0 Å². The number of nitrogens with zero attached hydrogens (tertiary/aromatic N) is 6. The third-order valence-electron chi connectivity index (χ3n) is 7.06. The van der Waals surface area contributed by atoms with Crippen LogP contribution in [0.1, 0.15) is 67.8 Å². The Labute approximate surface area is 213 Å². The van der Waals surface area contributed by atoms with E-state index in [1.165, 1.54) is 5.56 Å². The van der Waals surface area contributed by atoms with Gasteiger partial charge in [0.15, 0.2) is 5.65 Å². The van der Waals surface area contributed by atoms with Crippen LogP contribution in [0.5, 0.6) is 0 Å². The minimum Gasteiger partial charge on any atom is -0.336 e. The van der Waals surface area contributed by atoms with E-state index in [4.69, 9.17) is 10.1 Å². The number of aryl methyl sites for hydroxylation is 1. The first-order valence-electron chi connectivity index (χ1n) is 12.9. The van der Waals surface area contributed by atoms with Crippen molar-refractivity contribution < 1.29 is 4.79 Å². The zero-order valence-electron chi connectivity index (χ0n) is 22.2. The molecule has 1 amide bonds. The number of fused-ring (bicyclic) bond motifs is 2. The van der Waals surface area contributed by atoms with E-state index >= 15 is 0 Å². The minimum absolute atomic E-state index is 0.0762. The predicted octanol–water partition coefficient (Wildman–Crippen LogP) is 5.12. The van der Waals surface area contributed by atoms with Gasteiger partial charge in [-0.2, -0.15) is 5.10 Å². The molecule has 0 saturated carbocycles. The summed E-state index contributed by atoms with van der Waals surface area (Å²) in [4.78, 5) is 27.8. The highest BCUT2D eigenvalue weighted by atomic mass is 16.2. The molecule has 7 nitrogen and oxygen atoms in total. The fourth-order valence-electron chi connectivity index (χ4n) is 5.06. The SMILES string of the molecule is Cc1nn(C(C)(C)C)c2nc(C(C)C)cc(C(=O)N3CCN(Cc4cccc5cccnc45)CC3)c12. The Morgan fingerprint density at radius 1 is 1.06 bits per heavy atom. The Balaban J connectivity index is 1.39. The highest BCUT2D eigenvalue weighted by Crippen LogP contribution is 2.30. The van der Waals surface area contributed by atoms with Crippen LogP contribution in [-0.4, -0.2) is 61.6 Å². The Bertz CT molecular complexity index is 1420. The molecule has 4 heterocycles. The van der Waals surface area contributed by atoms with E-state index in [2.05, 4.69) is 68.8 Å². The molecular formula is C29H36N6O. The smallest absolute Gasteiger partial charge is 0.254 e. The maximum Gasteiger partial charge on any atom is 0.254 e. The van der Waals surface area contributed by atoms with Crippen molar-refractivity contribution in [3.8, 4) is 0 Å². The first-order chi connectivity index (χ1) is 17.1. The molecule has 4 aromatic rings. The van der Waals surface area contributed by atoms with Crippen LogP contribution in [0, 0.1) is 6.92 Å². The zero-order valence-corrected chi connectivity index (χ0v) is 22.2. The average Bonchev–Trinajstić information content (AvgIpc) is 3.21. The molecule has 0 N–H and O–H groups in total. The van der Waals surface area contributed by atoms with Gasteiger partial charge in [-0.05, 0) is 51.3 Å². The van der Waals surface area contributed by atoms with Crippen molar-refractivity contribution in [1.29, 1.82) is 0 Å². The number of hydrogen-bond acceptors (Lipinski definition) is 5. The van der Waals surface area contributed by atoms with E-state index in [0.717, 1.165) is 58.5 Å². The number of carbonyl (C=O) groups excluding carboxylic acids is 1. The fraction of sp³-hybridized carbons (Fsp3) is 0.448. The van der Waals surface area contributed by atoms with Crippen LogP contribution in [-0.2, 0) is 12.1 Å². The summed E-state index contributed by atoms with van der Waals surface area (Å²) in [5.74, 6) is 0.295. The molecule has 3 aromatic heterocycles. The van der Waals surface area contributed by atoms with Gasteiger partial charge in [-0.3, -0.25) is 14.7 Å². The Kier molecular flexibility index (Phi) is 6.29. The lowest BCUT2D eigenvalue weighted by Crippen LogP contribution is -2.48. The number of carbonyl (C=O) groups is 1. The molecule has 1 aliphatic rings. The molecule has 1 fully saturated rings. The molecule has 36 heavy (non-hydrogen) atoms. The molecule has 0 unspecified atom stereocenters. The molecule has 1 aromatic carbocycles. The summed E-state index contributed by atoms with van der Waals surface area (Å²) in [6, 6.07) is 12.4. The van der Waals surface area contributed by atoms with Gasteiger partial charge >= 0.3 is 0 Å². The number of rotatable bonds is 4. The number of aromatic nitrogens is 4. The van der Waals surface area contributed by atoms with Crippen molar-refractivity contribution in [3.63, 3.8) is 0 Å². The molecular weight excluding hydrogens is 448 g/mol. The summed E-state index contributed by atoms with van der Waals surface area (Å²) in [7, 11) is 0. The molecule has 0 bridgehead atoms. The normalized spacial score (nSPS) is 15.4. The second-order valence-electron chi connectivity index (χ2n) is 11.2. The number of pyridine rings is 2. The number of amides is 1. The van der Waals surface area contributed by atoms with Crippen LogP contribution in [0.3, 0.4) is 0 Å². The van der Waals surface area contributed by atoms with E-state index in [0.29, 0.717) is 13.1 Å². The van der Waals surface area contributed by atoms with Gasteiger partial charge in [0.25, 0.3) is 5.91 Å². The van der Waals surface area contributed by atoms with E-state index in [1.807, 2.05) is 34.8 Å². The van der Waals surface area contributed by atoms with Crippen molar-refractivity contribution in [3.05, 3.63) is 65.1 Å². The molecule has 0 radical (unpaired) electrons. The third kappa shape index (κ3) is 4.48. The summed E-state index contributed by atoms with van der Waals surface area (Å²) < 4.78 is 1.97. The highest BCUT2D eigenvalue weighted by Gasteiger charge is 2.29. The van der Waals surface area contributed by atoms with Crippen molar-refractivity contribution in [2.45, 2.75) is 59.5 Å². The van der Waals surface area contributed by atoms with E-state index < -0.39 is 0 Å². The predicted molar refractivity (Wildman–Crippen MR) is 144 cm³/mol. The number of hydrogen-bond donors (Lipinski definition) is 0. The minimum atomic E-state index is -0.225.